The van der Waals surface area contributed by atoms with Gasteiger partial charge in [0.05, 0.1) is 11.8 Å². The maximum Gasteiger partial charge on any atom is 0.292 e. The van der Waals surface area contributed by atoms with Crippen LogP contribution < -0.4 is 0 Å². The van der Waals surface area contributed by atoms with Gasteiger partial charge in [-0.05, 0) is 64.6 Å². The summed E-state index contributed by atoms with van der Waals surface area (Å²) in [6.45, 7) is 15.2. The number of allylic oxidation sites excluding steroid dienone is 3. The van der Waals surface area contributed by atoms with E-state index in [0.29, 0.717) is 18.3 Å². The zero-order valence-electron chi connectivity index (χ0n) is 23.2. The lowest BCUT2D eigenvalue weighted by Crippen LogP contribution is -2.31. The molecule has 1 aliphatic rings. The normalized spacial score (nSPS) is 20.9. The Balaban J connectivity index is 2.60. The summed E-state index contributed by atoms with van der Waals surface area (Å²) in [7, 11) is -1.75. The minimum atomic E-state index is -1.77. The molecule has 5 nitrogen and oxygen atoms in total. The van der Waals surface area contributed by atoms with E-state index in [1.807, 2.05) is 0 Å². The van der Waals surface area contributed by atoms with Crippen molar-refractivity contribution in [3.8, 4) is 0 Å². The lowest BCUT2D eigenvalue weighted by molar-refractivity contribution is -0.135. The molecule has 1 rings (SSSR count). The standard InChI is InChI=1S/C27H51NO4Si2/c1-9-10-13-16-24(31-33(3,4)5)21-19-23-20-22-26(28-30-2)25(23)17-14-11-12-15-18-27(29)32-34(6,7)8/h19-25H,9-18H2,1-8H3/b21-19+,28-26+. The van der Waals surface area contributed by atoms with Crippen LogP contribution in [-0.4, -0.2) is 41.5 Å². The molecule has 0 saturated heterocycles. The Kier molecular flexibility index (Phi) is 14.3. The average molecular weight is 510 g/mol. The van der Waals surface area contributed by atoms with Crippen molar-refractivity contribution < 1.29 is 18.5 Å². The predicted molar refractivity (Wildman–Crippen MR) is 149 cm³/mol. The maximum absolute atomic E-state index is 11.9. The first kappa shape index (κ1) is 30.8. The van der Waals surface area contributed by atoms with Crippen LogP contribution in [0.25, 0.3) is 0 Å². The summed E-state index contributed by atoms with van der Waals surface area (Å²) in [5, 5.41) is 4.29. The second kappa shape index (κ2) is 15.7. The van der Waals surface area contributed by atoms with E-state index in [4.69, 9.17) is 13.7 Å². The van der Waals surface area contributed by atoms with Crippen LogP contribution in [0.1, 0.15) is 71.1 Å². The fraction of sp³-hybridized carbons (Fsp3) is 0.778. The van der Waals surface area contributed by atoms with Gasteiger partial charge in [0.2, 0.25) is 8.32 Å². The van der Waals surface area contributed by atoms with Crippen LogP contribution in [0.15, 0.2) is 29.5 Å². The summed E-state index contributed by atoms with van der Waals surface area (Å²) in [5.41, 5.74) is 1.03. The highest BCUT2D eigenvalue weighted by Crippen LogP contribution is 2.30. The number of unbranched alkanes of at least 4 members (excludes halogenated alkanes) is 5. The van der Waals surface area contributed by atoms with Gasteiger partial charge in [0, 0.05) is 18.3 Å². The molecule has 0 fully saturated rings. The van der Waals surface area contributed by atoms with Gasteiger partial charge in [-0.15, -0.1) is 0 Å². The van der Waals surface area contributed by atoms with E-state index in [0.717, 1.165) is 44.2 Å². The van der Waals surface area contributed by atoms with Gasteiger partial charge in [-0.1, -0.05) is 68.8 Å². The Morgan fingerprint density at radius 1 is 1.03 bits per heavy atom. The number of hydrogen-bond donors (Lipinski definition) is 0. The number of oxime groups is 1. The molecule has 0 aromatic rings. The summed E-state index contributed by atoms with van der Waals surface area (Å²) in [6, 6.07) is 0. The van der Waals surface area contributed by atoms with E-state index in [1.54, 1.807) is 7.11 Å². The Bertz CT molecular complexity index is 677. The highest BCUT2D eigenvalue weighted by atomic mass is 28.4. The van der Waals surface area contributed by atoms with E-state index in [2.05, 4.69) is 75.7 Å². The summed E-state index contributed by atoms with van der Waals surface area (Å²) >= 11 is 0. The smallest absolute Gasteiger partial charge is 0.292 e. The molecule has 1 aliphatic carbocycles. The molecule has 0 aliphatic heterocycles. The van der Waals surface area contributed by atoms with Crippen molar-refractivity contribution in [1.82, 2.24) is 0 Å². The van der Waals surface area contributed by atoms with Gasteiger partial charge >= 0.3 is 0 Å². The fourth-order valence-corrected chi connectivity index (χ4v) is 6.17. The van der Waals surface area contributed by atoms with Crippen LogP contribution >= 0.6 is 0 Å². The van der Waals surface area contributed by atoms with Crippen LogP contribution in [0.3, 0.4) is 0 Å². The minimum Gasteiger partial charge on any atom is -0.520 e. The molecule has 0 bridgehead atoms. The third-order valence-corrected chi connectivity index (χ3v) is 7.59. The first-order valence-corrected chi connectivity index (χ1v) is 20.1. The molecule has 0 heterocycles. The Morgan fingerprint density at radius 3 is 2.35 bits per heavy atom. The summed E-state index contributed by atoms with van der Waals surface area (Å²) in [4.78, 5) is 17.0. The Labute approximate surface area is 211 Å². The molecule has 0 aromatic heterocycles. The number of rotatable bonds is 17. The molecule has 0 saturated carbocycles. The first-order chi connectivity index (χ1) is 15.9. The third kappa shape index (κ3) is 14.3. The number of carbonyl (C=O) groups excluding carboxylic acids is 1. The van der Waals surface area contributed by atoms with Crippen molar-refractivity contribution in [3.05, 3.63) is 24.3 Å². The first-order valence-electron chi connectivity index (χ1n) is 13.3. The topological polar surface area (TPSA) is 57.1 Å². The van der Waals surface area contributed by atoms with E-state index in [-0.39, 0.29) is 12.1 Å². The van der Waals surface area contributed by atoms with Crippen molar-refractivity contribution in [2.75, 3.05) is 7.11 Å². The zero-order chi connectivity index (χ0) is 25.6. The largest absolute Gasteiger partial charge is 0.520 e. The molecule has 0 amide bonds. The van der Waals surface area contributed by atoms with Crippen molar-refractivity contribution >= 4 is 28.3 Å². The lowest BCUT2D eigenvalue weighted by Gasteiger charge is -2.25. The molecule has 3 unspecified atom stereocenters. The highest BCUT2D eigenvalue weighted by Gasteiger charge is 2.28. The van der Waals surface area contributed by atoms with Gasteiger partial charge in [-0.3, -0.25) is 4.79 Å². The quantitative estimate of drug-likeness (QED) is 0.0866. The molecule has 34 heavy (non-hydrogen) atoms. The van der Waals surface area contributed by atoms with E-state index < -0.39 is 16.6 Å². The van der Waals surface area contributed by atoms with E-state index in [1.165, 1.54) is 19.3 Å². The number of carbonyl (C=O) groups is 1. The van der Waals surface area contributed by atoms with E-state index in [9.17, 15) is 4.79 Å². The van der Waals surface area contributed by atoms with Crippen molar-refractivity contribution in [1.29, 1.82) is 0 Å². The van der Waals surface area contributed by atoms with Crippen LogP contribution in [0.2, 0.25) is 39.3 Å². The SMILES string of the molecule is CCCCCC(/C=C/C1C=C/C(=N\OC)C1CCCCCCC(=O)O[Si](C)(C)C)O[Si](C)(C)C. The van der Waals surface area contributed by atoms with Crippen molar-refractivity contribution in [2.24, 2.45) is 17.0 Å². The summed E-state index contributed by atoms with van der Waals surface area (Å²) in [6.07, 6.45) is 19.8. The third-order valence-electron chi connectivity index (χ3n) is 5.74. The van der Waals surface area contributed by atoms with Crippen LogP contribution in [0.5, 0.6) is 0 Å². The predicted octanol–water partition coefficient (Wildman–Crippen LogP) is 7.87. The molecule has 7 heteroatoms. The second-order valence-corrected chi connectivity index (χ2v) is 20.3. The van der Waals surface area contributed by atoms with Gasteiger partial charge in [0.1, 0.15) is 7.11 Å². The average Bonchev–Trinajstić information content (AvgIpc) is 3.08. The molecule has 0 spiro atoms. The second-order valence-electron chi connectivity index (χ2n) is 11.4. The molecule has 0 N–H and O–H groups in total. The monoisotopic (exact) mass is 509 g/mol. The van der Waals surface area contributed by atoms with Crippen LogP contribution in [0, 0.1) is 11.8 Å². The molecule has 196 valence electrons. The van der Waals surface area contributed by atoms with Crippen LogP contribution in [0.4, 0.5) is 0 Å². The molecular weight excluding hydrogens is 458 g/mol. The maximum atomic E-state index is 11.9. The van der Waals surface area contributed by atoms with Gasteiger partial charge in [0.15, 0.2) is 8.32 Å². The van der Waals surface area contributed by atoms with Crippen molar-refractivity contribution in [3.63, 3.8) is 0 Å². The Hall–Kier alpha value is -1.19. The minimum absolute atomic E-state index is 0.0343. The number of hydrogen-bond acceptors (Lipinski definition) is 5. The fourth-order valence-electron chi connectivity index (χ4n) is 4.28. The number of nitrogens with zero attached hydrogens (tertiary/aromatic N) is 1. The highest BCUT2D eigenvalue weighted by molar-refractivity contribution is 6.71. The van der Waals surface area contributed by atoms with Crippen LogP contribution in [-0.2, 0) is 18.5 Å². The van der Waals surface area contributed by atoms with Gasteiger partial charge in [0.25, 0.3) is 5.97 Å². The van der Waals surface area contributed by atoms with Crippen molar-refractivity contribution in [2.45, 2.75) is 117 Å². The molecule has 0 aromatic carbocycles. The molecular formula is C27H51NO4Si2. The van der Waals surface area contributed by atoms with E-state index >= 15 is 0 Å². The van der Waals surface area contributed by atoms with Gasteiger partial charge < -0.3 is 13.7 Å². The zero-order valence-corrected chi connectivity index (χ0v) is 25.2. The molecule has 0 radical (unpaired) electrons. The molecule has 3 atom stereocenters. The van der Waals surface area contributed by atoms with Gasteiger partial charge in [-0.25, -0.2) is 0 Å². The Morgan fingerprint density at radius 2 is 1.74 bits per heavy atom. The van der Waals surface area contributed by atoms with Gasteiger partial charge in [-0.2, -0.15) is 0 Å². The summed E-state index contributed by atoms with van der Waals surface area (Å²) in [5.74, 6) is 0.642. The summed E-state index contributed by atoms with van der Waals surface area (Å²) < 4.78 is 12.0. The lowest BCUT2D eigenvalue weighted by atomic mass is 9.88.